The summed E-state index contributed by atoms with van der Waals surface area (Å²) in [6.45, 7) is 3.18. The molecule has 1 saturated heterocycles. The SMILES string of the molecule is CSc1sc(NC(=O)c2ccc(Br)c(S(=O)(=O)N3CCOCC3)c2)nc1C. The Labute approximate surface area is 174 Å². The van der Waals surface area contributed by atoms with E-state index >= 15 is 0 Å². The first-order valence-corrected chi connectivity index (χ1v) is 12.3. The number of nitrogens with one attached hydrogen (secondary N) is 1. The lowest BCUT2D eigenvalue weighted by Gasteiger charge is -2.26. The number of carbonyl (C=O) groups excluding carboxylic acids is 1. The third kappa shape index (κ3) is 4.54. The molecule has 0 spiro atoms. The number of hydrogen-bond donors (Lipinski definition) is 1. The molecule has 1 aliphatic rings. The predicted octanol–water partition coefficient (Wildman–Crippen LogP) is 3.21. The van der Waals surface area contributed by atoms with E-state index in [2.05, 4.69) is 26.2 Å². The number of halogens is 1. The van der Waals surface area contributed by atoms with Crippen LogP contribution in [0.2, 0.25) is 0 Å². The van der Waals surface area contributed by atoms with E-state index in [1.165, 1.54) is 21.7 Å². The maximum Gasteiger partial charge on any atom is 0.257 e. The maximum absolute atomic E-state index is 12.9. The lowest BCUT2D eigenvalue weighted by Crippen LogP contribution is -2.40. The number of thioether (sulfide) groups is 1. The number of hydrogen-bond acceptors (Lipinski definition) is 7. The first-order valence-electron chi connectivity index (χ1n) is 8.03. The highest BCUT2D eigenvalue weighted by Crippen LogP contribution is 2.31. The Hall–Kier alpha value is -0.980. The van der Waals surface area contributed by atoms with Crippen molar-refractivity contribution in [2.75, 3.05) is 37.9 Å². The van der Waals surface area contributed by atoms with E-state index in [4.69, 9.17) is 4.74 Å². The molecule has 1 aromatic carbocycles. The number of anilines is 1. The number of ether oxygens (including phenoxy) is 1. The molecule has 0 radical (unpaired) electrons. The zero-order valence-electron chi connectivity index (χ0n) is 14.7. The van der Waals surface area contributed by atoms with Crippen LogP contribution in [0.15, 0.2) is 31.8 Å². The highest BCUT2D eigenvalue weighted by molar-refractivity contribution is 9.10. The Balaban J connectivity index is 1.86. The van der Waals surface area contributed by atoms with Gasteiger partial charge in [0.05, 0.1) is 28.0 Å². The number of aromatic nitrogens is 1. The standard InChI is InChI=1S/C16H18BrN3O4S3/c1-10-15(25-2)26-16(18-10)19-14(21)11-3-4-12(17)13(9-11)27(22,23)20-5-7-24-8-6-20/h3-4,9H,5-8H2,1-2H3,(H,18,19,21). The molecule has 1 aliphatic heterocycles. The number of carbonyl (C=O) groups is 1. The summed E-state index contributed by atoms with van der Waals surface area (Å²) < 4.78 is 33.9. The van der Waals surface area contributed by atoms with Crippen molar-refractivity contribution in [2.24, 2.45) is 0 Å². The van der Waals surface area contributed by atoms with Gasteiger partial charge < -0.3 is 4.74 Å². The molecule has 1 fully saturated rings. The quantitative estimate of drug-likeness (QED) is 0.645. The molecule has 2 heterocycles. The van der Waals surface area contributed by atoms with Crippen LogP contribution in [0.25, 0.3) is 0 Å². The summed E-state index contributed by atoms with van der Waals surface area (Å²) in [7, 11) is -3.72. The van der Waals surface area contributed by atoms with Crippen LogP contribution >= 0.6 is 39.0 Å². The molecule has 0 aliphatic carbocycles. The van der Waals surface area contributed by atoms with Gasteiger partial charge in [0.25, 0.3) is 5.91 Å². The fraction of sp³-hybridized carbons (Fsp3) is 0.375. The summed E-state index contributed by atoms with van der Waals surface area (Å²) in [5, 5.41) is 3.23. The lowest BCUT2D eigenvalue weighted by atomic mass is 10.2. The molecule has 0 atom stereocenters. The van der Waals surface area contributed by atoms with Gasteiger partial charge in [-0.25, -0.2) is 13.4 Å². The average molecular weight is 492 g/mol. The van der Waals surface area contributed by atoms with E-state index in [0.717, 1.165) is 9.90 Å². The number of benzene rings is 1. The van der Waals surface area contributed by atoms with Crippen molar-refractivity contribution in [1.29, 1.82) is 0 Å². The van der Waals surface area contributed by atoms with Crippen LogP contribution in [0.5, 0.6) is 0 Å². The Morgan fingerprint density at radius 1 is 1.37 bits per heavy atom. The molecular formula is C16H18BrN3O4S3. The van der Waals surface area contributed by atoms with Crippen LogP contribution in [0.1, 0.15) is 16.1 Å². The predicted molar refractivity (Wildman–Crippen MR) is 110 cm³/mol. The molecular weight excluding hydrogens is 474 g/mol. The minimum absolute atomic E-state index is 0.0668. The third-order valence-corrected chi connectivity index (χ3v) is 9.12. The lowest BCUT2D eigenvalue weighted by molar-refractivity contribution is 0.0730. The van der Waals surface area contributed by atoms with E-state index in [1.54, 1.807) is 23.9 Å². The smallest absolute Gasteiger partial charge is 0.257 e. The Morgan fingerprint density at radius 3 is 2.70 bits per heavy atom. The van der Waals surface area contributed by atoms with E-state index in [0.29, 0.717) is 35.9 Å². The highest BCUT2D eigenvalue weighted by atomic mass is 79.9. The van der Waals surface area contributed by atoms with Crippen molar-refractivity contribution < 1.29 is 17.9 Å². The monoisotopic (exact) mass is 491 g/mol. The van der Waals surface area contributed by atoms with Crippen molar-refractivity contribution in [3.8, 4) is 0 Å². The minimum Gasteiger partial charge on any atom is -0.379 e. The van der Waals surface area contributed by atoms with E-state index in [-0.39, 0.29) is 10.5 Å². The number of morpholine rings is 1. The van der Waals surface area contributed by atoms with Crippen molar-refractivity contribution >= 4 is 60.1 Å². The van der Waals surface area contributed by atoms with Crippen molar-refractivity contribution in [2.45, 2.75) is 16.0 Å². The van der Waals surface area contributed by atoms with E-state index in [9.17, 15) is 13.2 Å². The Bertz CT molecular complexity index is 956. The summed E-state index contributed by atoms with van der Waals surface area (Å²) in [5.41, 5.74) is 1.11. The molecule has 0 saturated carbocycles. The summed E-state index contributed by atoms with van der Waals surface area (Å²) in [5.74, 6) is -0.401. The van der Waals surface area contributed by atoms with Gasteiger partial charge in [0, 0.05) is 23.1 Å². The second kappa shape index (κ2) is 8.58. The van der Waals surface area contributed by atoms with E-state index < -0.39 is 15.9 Å². The van der Waals surface area contributed by atoms with Gasteiger partial charge >= 0.3 is 0 Å². The van der Waals surface area contributed by atoms with Crippen molar-refractivity contribution in [3.63, 3.8) is 0 Å². The van der Waals surface area contributed by atoms with Crippen molar-refractivity contribution in [3.05, 3.63) is 33.9 Å². The van der Waals surface area contributed by atoms with Crippen LogP contribution in [0.3, 0.4) is 0 Å². The van der Waals surface area contributed by atoms with Crippen LogP contribution < -0.4 is 5.32 Å². The number of amides is 1. The summed E-state index contributed by atoms with van der Waals surface area (Å²) >= 11 is 6.24. The van der Waals surface area contributed by atoms with Crippen LogP contribution in [-0.4, -0.2) is 56.2 Å². The third-order valence-electron chi connectivity index (χ3n) is 3.94. The fourth-order valence-electron chi connectivity index (χ4n) is 2.56. The van der Waals surface area contributed by atoms with Gasteiger partial charge in [-0.3, -0.25) is 10.1 Å². The summed E-state index contributed by atoms with van der Waals surface area (Å²) in [6.07, 6.45) is 1.95. The van der Waals surface area contributed by atoms with Gasteiger partial charge in [-0.2, -0.15) is 4.31 Å². The Kier molecular flexibility index (Phi) is 6.59. The van der Waals surface area contributed by atoms with Gasteiger partial charge in [-0.1, -0.05) is 11.3 Å². The number of thiazole rings is 1. The summed E-state index contributed by atoms with van der Waals surface area (Å²) in [6, 6.07) is 4.54. The van der Waals surface area contributed by atoms with E-state index in [1.807, 2.05) is 13.2 Å². The number of sulfonamides is 1. The van der Waals surface area contributed by atoms with Crippen molar-refractivity contribution in [1.82, 2.24) is 9.29 Å². The topological polar surface area (TPSA) is 88.6 Å². The van der Waals surface area contributed by atoms with Gasteiger partial charge in [0.15, 0.2) is 5.13 Å². The minimum atomic E-state index is -3.72. The molecule has 3 rings (SSSR count). The average Bonchev–Trinajstić information content (AvgIpc) is 3.01. The number of aryl methyl sites for hydroxylation is 1. The molecule has 1 amide bonds. The van der Waals surface area contributed by atoms with Crippen LogP contribution in [0.4, 0.5) is 5.13 Å². The zero-order chi connectivity index (χ0) is 19.6. The molecule has 11 heteroatoms. The molecule has 0 bridgehead atoms. The first-order chi connectivity index (χ1) is 12.8. The second-order valence-corrected chi connectivity index (χ2v) is 10.5. The number of nitrogens with zero attached hydrogens (tertiary/aromatic N) is 2. The summed E-state index contributed by atoms with van der Waals surface area (Å²) in [4.78, 5) is 17.0. The molecule has 7 nitrogen and oxygen atoms in total. The van der Waals surface area contributed by atoms with Gasteiger partial charge in [-0.05, 0) is 47.3 Å². The van der Waals surface area contributed by atoms with Gasteiger partial charge in [0.1, 0.15) is 0 Å². The molecule has 2 aromatic rings. The molecule has 27 heavy (non-hydrogen) atoms. The molecule has 0 unspecified atom stereocenters. The van der Waals surface area contributed by atoms with Crippen LogP contribution in [0, 0.1) is 6.92 Å². The maximum atomic E-state index is 12.9. The Morgan fingerprint density at radius 2 is 2.07 bits per heavy atom. The fourth-order valence-corrected chi connectivity index (χ4v) is 6.53. The first kappa shape index (κ1) is 20.7. The highest BCUT2D eigenvalue weighted by Gasteiger charge is 2.29. The largest absolute Gasteiger partial charge is 0.379 e. The number of rotatable bonds is 5. The normalized spacial score (nSPS) is 15.7. The second-order valence-electron chi connectivity index (χ2n) is 5.71. The van der Waals surface area contributed by atoms with Gasteiger partial charge in [0.2, 0.25) is 10.0 Å². The molecule has 1 N–H and O–H groups in total. The molecule has 146 valence electrons. The zero-order valence-corrected chi connectivity index (χ0v) is 18.7. The van der Waals surface area contributed by atoms with Gasteiger partial charge in [-0.15, -0.1) is 11.8 Å². The van der Waals surface area contributed by atoms with Crippen LogP contribution in [-0.2, 0) is 14.8 Å². The molecule has 1 aromatic heterocycles.